The van der Waals surface area contributed by atoms with Gasteiger partial charge in [0.1, 0.15) is 11.4 Å². The normalized spacial score (nSPS) is 12.9. The van der Waals surface area contributed by atoms with E-state index in [1.807, 2.05) is 45.0 Å². The number of ether oxygens (including phenoxy) is 2. The molecule has 2 N–H and O–H groups in total. The Morgan fingerprint density at radius 1 is 1.26 bits per heavy atom. The number of carbonyl (C=O) groups is 1. The monoisotopic (exact) mass is 265 g/mol. The smallest absolute Gasteiger partial charge is 0.307 e. The van der Waals surface area contributed by atoms with Gasteiger partial charge in [-0.2, -0.15) is 0 Å². The zero-order chi connectivity index (χ0) is 14.5. The van der Waals surface area contributed by atoms with Gasteiger partial charge in [-0.15, -0.1) is 0 Å². The van der Waals surface area contributed by atoms with E-state index in [1.54, 1.807) is 7.11 Å². The van der Waals surface area contributed by atoms with Crippen LogP contribution in [0.4, 0.5) is 0 Å². The number of esters is 1. The quantitative estimate of drug-likeness (QED) is 0.830. The fourth-order valence-corrected chi connectivity index (χ4v) is 1.73. The summed E-state index contributed by atoms with van der Waals surface area (Å²) in [5.74, 6) is 0.554. The molecule has 1 rings (SSSR count). The van der Waals surface area contributed by atoms with Crippen LogP contribution in [0.25, 0.3) is 0 Å². The first-order valence-electron chi connectivity index (χ1n) is 6.40. The summed E-state index contributed by atoms with van der Waals surface area (Å²) < 4.78 is 10.3. The summed E-state index contributed by atoms with van der Waals surface area (Å²) in [6.45, 7) is 5.54. The van der Waals surface area contributed by atoms with Crippen molar-refractivity contribution >= 4 is 5.97 Å². The lowest BCUT2D eigenvalue weighted by Crippen LogP contribution is -2.31. The molecule has 0 bridgehead atoms. The number of hydrogen-bond acceptors (Lipinski definition) is 4. The van der Waals surface area contributed by atoms with E-state index in [0.29, 0.717) is 6.42 Å². The molecule has 19 heavy (non-hydrogen) atoms. The van der Waals surface area contributed by atoms with Crippen molar-refractivity contribution < 1.29 is 14.3 Å². The van der Waals surface area contributed by atoms with Gasteiger partial charge < -0.3 is 15.2 Å². The van der Waals surface area contributed by atoms with Gasteiger partial charge in [0.15, 0.2) is 0 Å². The van der Waals surface area contributed by atoms with E-state index < -0.39 is 5.60 Å². The Balaban J connectivity index is 2.46. The molecule has 0 aliphatic heterocycles. The molecule has 0 fully saturated rings. The summed E-state index contributed by atoms with van der Waals surface area (Å²) in [6.07, 6.45) is 0.868. The van der Waals surface area contributed by atoms with E-state index in [0.717, 1.165) is 11.3 Å². The first-order valence-corrected chi connectivity index (χ1v) is 6.40. The van der Waals surface area contributed by atoms with Crippen LogP contribution in [0.1, 0.15) is 32.8 Å². The second-order valence-electron chi connectivity index (χ2n) is 5.60. The van der Waals surface area contributed by atoms with Crippen LogP contribution in [0, 0.1) is 0 Å². The van der Waals surface area contributed by atoms with E-state index in [4.69, 9.17) is 15.2 Å². The van der Waals surface area contributed by atoms with Gasteiger partial charge in [0, 0.05) is 6.04 Å². The molecule has 0 radical (unpaired) electrons. The summed E-state index contributed by atoms with van der Waals surface area (Å²) in [5, 5.41) is 0. The van der Waals surface area contributed by atoms with E-state index in [2.05, 4.69) is 0 Å². The van der Waals surface area contributed by atoms with Crippen LogP contribution in [-0.2, 0) is 16.0 Å². The number of rotatable bonds is 5. The van der Waals surface area contributed by atoms with Gasteiger partial charge in [0.25, 0.3) is 0 Å². The highest BCUT2D eigenvalue weighted by atomic mass is 16.6. The minimum absolute atomic E-state index is 0.225. The molecule has 106 valence electrons. The molecule has 4 nitrogen and oxygen atoms in total. The van der Waals surface area contributed by atoms with Crippen LogP contribution in [0.2, 0.25) is 0 Å². The minimum Gasteiger partial charge on any atom is -0.497 e. The van der Waals surface area contributed by atoms with Crippen molar-refractivity contribution in [2.24, 2.45) is 5.73 Å². The Labute approximate surface area is 114 Å². The Kier molecular flexibility index (Phi) is 5.36. The van der Waals surface area contributed by atoms with Gasteiger partial charge in [-0.3, -0.25) is 4.79 Å². The van der Waals surface area contributed by atoms with Gasteiger partial charge in [-0.25, -0.2) is 0 Å². The van der Waals surface area contributed by atoms with Crippen molar-refractivity contribution in [2.45, 2.75) is 45.3 Å². The van der Waals surface area contributed by atoms with Crippen molar-refractivity contribution in [3.8, 4) is 5.75 Å². The van der Waals surface area contributed by atoms with Gasteiger partial charge in [-0.1, -0.05) is 12.1 Å². The molecule has 0 aromatic heterocycles. The highest BCUT2D eigenvalue weighted by molar-refractivity contribution is 5.70. The number of benzene rings is 1. The fourth-order valence-electron chi connectivity index (χ4n) is 1.73. The van der Waals surface area contributed by atoms with E-state index >= 15 is 0 Å². The topological polar surface area (TPSA) is 61.5 Å². The van der Waals surface area contributed by atoms with Crippen molar-refractivity contribution in [1.82, 2.24) is 0 Å². The van der Waals surface area contributed by atoms with Crippen molar-refractivity contribution in [2.75, 3.05) is 7.11 Å². The third kappa shape index (κ3) is 6.25. The standard InChI is InChI=1S/C15H23NO3/c1-15(2,3)19-14(17)10-12(16)9-11-5-7-13(18-4)8-6-11/h5-8,12H,9-10,16H2,1-4H3. The van der Waals surface area contributed by atoms with E-state index in [-0.39, 0.29) is 18.4 Å². The van der Waals surface area contributed by atoms with Crippen molar-refractivity contribution in [3.05, 3.63) is 29.8 Å². The summed E-state index contributed by atoms with van der Waals surface area (Å²) in [7, 11) is 1.63. The second kappa shape index (κ2) is 6.57. The van der Waals surface area contributed by atoms with E-state index in [9.17, 15) is 4.79 Å². The van der Waals surface area contributed by atoms with Crippen LogP contribution in [0.3, 0.4) is 0 Å². The number of nitrogens with two attached hydrogens (primary N) is 1. The van der Waals surface area contributed by atoms with E-state index in [1.165, 1.54) is 0 Å². The van der Waals surface area contributed by atoms with Crippen LogP contribution < -0.4 is 10.5 Å². The maximum absolute atomic E-state index is 11.6. The molecule has 1 aromatic rings. The van der Waals surface area contributed by atoms with Gasteiger partial charge in [-0.05, 0) is 44.9 Å². The SMILES string of the molecule is COc1ccc(CC(N)CC(=O)OC(C)(C)C)cc1. The Morgan fingerprint density at radius 2 is 1.84 bits per heavy atom. The molecular weight excluding hydrogens is 242 g/mol. The lowest BCUT2D eigenvalue weighted by Gasteiger charge is -2.21. The highest BCUT2D eigenvalue weighted by Crippen LogP contribution is 2.14. The number of methoxy groups -OCH3 is 1. The van der Waals surface area contributed by atoms with Crippen LogP contribution in [0.15, 0.2) is 24.3 Å². The average molecular weight is 265 g/mol. The molecule has 4 heteroatoms. The zero-order valence-corrected chi connectivity index (χ0v) is 12.1. The first-order chi connectivity index (χ1) is 8.80. The molecule has 0 amide bonds. The first kappa shape index (κ1) is 15.5. The third-order valence-electron chi connectivity index (χ3n) is 2.51. The Bertz CT molecular complexity index is 406. The molecule has 0 aliphatic rings. The lowest BCUT2D eigenvalue weighted by molar-refractivity contribution is -0.155. The summed E-state index contributed by atoms with van der Waals surface area (Å²) in [6, 6.07) is 7.44. The second-order valence-corrected chi connectivity index (χ2v) is 5.60. The molecule has 1 unspecified atom stereocenters. The summed E-state index contributed by atoms with van der Waals surface area (Å²) in [5.41, 5.74) is 6.58. The van der Waals surface area contributed by atoms with Gasteiger partial charge >= 0.3 is 5.97 Å². The average Bonchev–Trinajstić information content (AvgIpc) is 2.27. The zero-order valence-electron chi connectivity index (χ0n) is 12.1. The Morgan fingerprint density at radius 3 is 2.32 bits per heavy atom. The fraction of sp³-hybridized carbons (Fsp3) is 0.533. The molecule has 0 spiro atoms. The van der Waals surface area contributed by atoms with Gasteiger partial charge in [0.05, 0.1) is 13.5 Å². The molecule has 0 saturated heterocycles. The molecule has 0 heterocycles. The molecule has 1 aromatic carbocycles. The van der Waals surface area contributed by atoms with Crippen molar-refractivity contribution in [3.63, 3.8) is 0 Å². The number of hydrogen-bond donors (Lipinski definition) is 1. The third-order valence-corrected chi connectivity index (χ3v) is 2.51. The molecule has 0 aliphatic carbocycles. The Hall–Kier alpha value is -1.55. The minimum atomic E-state index is -0.461. The van der Waals surface area contributed by atoms with Crippen LogP contribution in [-0.4, -0.2) is 24.7 Å². The predicted octanol–water partition coefficient (Wildman–Crippen LogP) is 2.30. The van der Waals surface area contributed by atoms with Gasteiger partial charge in [0.2, 0.25) is 0 Å². The van der Waals surface area contributed by atoms with Crippen LogP contribution in [0.5, 0.6) is 5.75 Å². The number of carbonyl (C=O) groups excluding carboxylic acids is 1. The van der Waals surface area contributed by atoms with Crippen LogP contribution >= 0.6 is 0 Å². The largest absolute Gasteiger partial charge is 0.497 e. The summed E-state index contributed by atoms with van der Waals surface area (Å²) >= 11 is 0. The summed E-state index contributed by atoms with van der Waals surface area (Å²) in [4.78, 5) is 11.6. The molecule has 0 saturated carbocycles. The molecule has 1 atom stereocenters. The lowest BCUT2D eigenvalue weighted by atomic mass is 10.0. The highest BCUT2D eigenvalue weighted by Gasteiger charge is 2.18. The predicted molar refractivity (Wildman–Crippen MR) is 75.1 cm³/mol. The maximum atomic E-state index is 11.6. The van der Waals surface area contributed by atoms with Crippen molar-refractivity contribution in [1.29, 1.82) is 0 Å². The molecular formula is C15H23NO3. The maximum Gasteiger partial charge on any atom is 0.307 e.